The van der Waals surface area contributed by atoms with E-state index in [-0.39, 0.29) is 5.54 Å². The molecule has 2 rings (SSSR count). The molecule has 2 heterocycles. The Morgan fingerprint density at radius 1 is 1.10 bits per heavy atom. The molecule has 0 spiro atoms. The molecular weight excluding hydrogens is 248 g/mol. The summed E-state index contributed by atoms with van der Waals surface area (Å²) in [6.45, 7) is 12.8. The molecule has 0 aromatic heterocycles. The minimum atomic E-state index is 0.241. The first-order chi connectivity index (χ1) is 9.57. The van der Waals surface area contributed by atoms with Crippen LogP contribution in [0, 0.1) is 0 Å². The van der Waals surface area contributed by atoms with E-state index in [2.05, 4.69) is 35.6 Å². The maximum atomic E-state index is 6.17. The van der Waals surface area contributed by atoms with Gasteiger partial charge in [0.25, 0.3) is 0 Å². The highest BCUT2D eigenvalue weighted by Gasteiger charge is 2.37. The van der Waals surface area contributed by atoms with E-state index in [9.17, 15) is 0 Å². The van der Waals surface area contributed by atoms with Crippen LogP contribution in [0.25, 0.3) is 0 Å². The number of likely N-dealkylation sites (tertiary alicyclic amines) is 2. The molecule has 2 saturated heterocycles. The van der Waals surface area contributed by atoms with Gasteiger partial charge < -0.3 is 15.5 Å². The normalized spacial score (nSPS) is 24.9. The molecule has 20 heavy (non-hydrogen) atoms. The van der Waals surface area contributed by atoms with Gasteiger partial charge in [-0.05, 0) is 59.7 Å². The third-order valence-corrected chi connectivity index (χ3v) is 5.60. The molecular formula is C16H34N4. The smallest absolute Gasteiger partial charge is 0.0353 e. The second kappa shape index (κ2) is 7.21. The summed E-state index contributed by atoms with van der Waals surface area (Å²) in [6.07, 6.45) is 5.21. The zero-order chi connectivity index (χ0) is 14.6. The molecule has 0 bridgehead atoms. The molecule has 0 amide bonds. The molecule has 2 aliphatic rings. The Kier molecular flexibility index (Phi) is 5.84. The van der Waals surface area contributed by atoms with Crippen molar-refractivity contribution in [3.8, 4) is 0 Å². The van der Waals surface area contributed by atoms with Crippen LogP contribution in [0.2, 0.25) is 0 Å². The van der Waals surface area contributed by atoms with Gasteiger partial charge in [-0.2, -0.15) is 0 Å². The predicted molar refractivity (Wildman–Crippen MR) is 86.0 cm³/mol. The topological polar surface area (TPSA) is 35.7 Å². The Balaban J connectivity index is 1.83. The molecule has 0 aromatic carbocycles. The van der Waals surface area contributed by atoms with E-state index in [1.165, 1.54) is 65.0 Å². The van der Waals surface area contributed by atoms with Crippen LogP contribution < -0.4 is 5.73 Å². The van der Waals surface area contributed by atoms with Crippen molar-refractivity contribution in [3.63, 3.8) is 0 Å². The fourth-order valence-corrected chi connectivity index (χ4v) is 3.73. The Labute approximate surface area is 125 Å². The van der Waals surface area contributed by atoms with E-state index in [0.717, 1.165) is 6.54 Å². The summed E-state index contributed by atoms with van der Waals surface area (Å²) >= 11 is 0. The van der Waals surface area contributed by atoms with Crippen molar-refractivity contribution in [2.45, 2.75) is 51.1 Å². The molecule has 2 fully saturated rings. The number of nitrogens with zero attached hydrogens (tertiary/aromatic N) is 3. The number of rotatable bonds is 6. The molecule has 118 valence electrons. The second-order valence-electron chi connectivity index (χ2n) is 7.03. The van der Waals surface area contributed by atoms with E-state index in [4.69, 9.17) is 5.73 Å². The van der Waals surface area contributed by atoms with E-state index < -0.39 is 0 Å². The number of piperidine rings is 1. The monoisotopic (exact) mass is 282 g/mol. The Bertz CT molecular complexity index is 278. The van der Waals surface area contributed by atoms with Gasteiger partial charge in [0.15, 0.2) is 0 Å². The predicted octanol–water partition coefficient (Wildman–Crippen LogP) is 1.22. The van der Waals surface area contributed by atoms with E-state index in [0.29, 0.717) is 6.04 Å². The maximum Gasteiger partial charge on any atom is 0.0353 e. The van der Waals surface area contributed by atoms with Gasteiger partial charge >= 0.3 is 0 Å². The summed E-state index contributed by atoms with van der Waals surface area (Å²) in [4.78, 5) is 7.75. The SMILES string of the molecule is CC(C)N1CCC(CN)(N(C)CCN2CCCC2)CC1. The van der Waals surface area contributed by atoms with Gasteiger partial charge in [0.1, 0.15) is 0 Å². The fourth-order valence-electron chi connectivity index (χ4n) is 3.73. The summed E-state index contributed by atoms with van der Waals surface area (Å²) in [6, 6.07) is 0.667. The van der Waals surface area contributed by atoms with Gasteiger partial charge in [-0.3, -0.25) is 4.90 Å². The molecule has 0 aliphatic carbocycles. The summed E-state index contributed by atoms with van der Waals surface area (Å²) in [5, 5.41) is 0. The van der Waals surface area contributed by atoms with Crippen molar-refractivity contribution in [2.75, 3.05) is 52.9 Å². The van der Waals surface area contributed by atoms with Gasteiger partial charge in [0.05, 0.1) is 0 Å². The minimum absolute atomic E-state index is 0.241. The number of hydrogen-bond acceptors (Lipinski definition) is 4. The molecule has 0 aromatic rings. The first-order valence-electron chi connectivity index (χ1n) is 8.45. The van der Waals surface area contributed by atoms with Gasteiger partial charge in [0, 0.05) is 44.3 Å². The minimum Gasteiger partial charge on any atom is -0.329 e. The van der Waals surface area contributed by atoms with Crippen molar-refractivity contribution in [1.29, 1.82) is 0 Å². The summed E-state index contributed by atoms with van der Waals surface area (Å²) < 4.78 is 0. The van der Waals surface area contributed by atoms with Gasteiger partial charge in [-0.15, -0.1) is 0 Å². The molecule has 0 atom stereocenters. The quantitative estimate of drug-likeness (QED) is 0.794. The van der Waals surface area contributed by atoms with E-state index in [1.807, 2.05) is 0 Å². The summed E-state index contributed by atoms with van der Waals surface area (Å²) in [5.74, 6) is 0. The summed E-state index contributed by atoms with van der Waals surface area (Å²) in [7, 11) is 2.29. The van der Waals surface area contributed by atoms with Crippen molar-refractivity contribution in [3.05, 3.63) is 0 Å². The number of hydrogen-bond donors (Lipinski definition) is 1. The highest BCUT2D eigenvalue weighted by atomic mass is 15.3. The Morgan fingerprint density at radius 3 is 2.20 bits per heavy atom. The largest absolute Gasteiger partial charge is 0.329 e. The van der Waals surface area contributed by atoms with Crippen molar-refractivity contribution in [1.82, 2.24) is 14.7 Å². The molecule has 0 unspecified atom stereocenters. The van der Waals surface area contributed by atoms with Crippen LogP contribution in [0.3, 0.4) is 0 Å². The van der Waals surface area contributed by atoms with Gasteiger partial charge in [-0.1, -0.05) is 0 Å². The third-order valence-electron chi connectivity index (χ3n) is 5.60. The fraction of sp³-hybridized carbons (Fsp3) is 1.00. The molecule has 2 N–H and O–H groups in total. The number of likely N-dealkylation sites (N-methyl/N-ethyl adjacent to an activating group) is 1. The second-order valence-corrected chi connectivity index (χ2v) is 7.03. The average molecular weight is 282 g/mol. The van der Waals surface area contributed by atoms with Crippen molar-refractivity contribution in [2.24, 2.45) is 5.73 Å². The first-order valence-corrected chi connectivity index (χ1v) is 8.45. The highest BCUT2D eigenvalue weighted by molar-refractivity contribution is 4.96. The molecule has 4 heteroatoms. The van der Waals surface area contributed by atoms with Crippen LogP contribution in [0.5, 0.6) is 0 Å². The third kappa shape index (κ3) is 3.73. The van der Waals surface area contributed by atoms with Gasteiger partial charge in [0.2, 0.25) is 0 Å². The Hall–Kier alpha value is -0.160. The van der Waals surface area contributed by atoms with Crippen molar-refractivity contribution >= 4 is 0 Å². The lowest BCUT2D eigenvalue weighted by Gasteiger charge is -2.48. The van der Waals surface area contributed by atoms with Crippen LogP contribution in [-0.2, 0) is 0 Å². The van der Waals surface area contributed by atoms with Crippen LogP contribution in [0.4, 0.5) is 0 Å². The lowest BCUT2D eigenvalue weighted by molar-refractivity contribution is 0.0302. The number of nitrogens with two attached hydrogens (primary N) is 1. The maximum absolute atomic E-state index is 6.17. The zero-order valence-corrected chi connectivity index (χ0v) is 13.8. The van der Waals surface area contributed by atoms with Gasteiger partial charge in [-0.25, -0.2) is 0 Å². The van der Waals surface area contributed by atoms with Crippen LogP contribution in [-0.4, -0.2) is 79.1 Å². The molecule has 4 nitrogen and oxygen atoms in total. The van der Waals surface area contributed by atoms with Crippen molar-refractivity contribution < 1.29 is 0 Å². The molecule has 2 aliphatic heterocycles. The van der Waals surface area contributed by atoms with E-state index in [1.54, 1.807) is 0 Å². The summed E-state index contributed by atoms with van der Waals surface area (Å²) in [5.41, 5.74) is 6.41. The van der Waals surface area contributed by atoms with Crippen LogP contribution in [0.15, 0.2) is 0 Å². The lowest BCUT2D eigenvalue weighted by atomic mass is 9.85. The van der Waals surface area contributed by atoms with Crippen LogP contribution >= 0.6 is 0 Å². The molecule has 0 saturated carbocycles. The van der Waals surface area contributed by atoms with Crippen LogP contribution in [0.1, 0.15) is 39.5 Å². The van der Waals surface area contributed by atoms with E-state index >= 15 is 0 Å². The Morgan fingerprint density at radius 2 is 1.70 bits per heavy atom. The first kappa shape index (κ1) is 16.2. The standard InChI is InChI=1S/C16H34N4/c1-15(2)20-10-6-16(14-17,7-11-20)18(3)12-13-19-8-4-5-9-19/h15H,4-14,17H2,1-3H3. The average Bonchev–Trinajstić information content (AvgIpc) is 2.98. The molecule has 0 radical (unpaired) electrons. The highest BCUT2D eigenvalue weighted by Crippen LogP contribution is 2.28. The lowest BCUT2D eigenvalue weighted by Crippen LogP contribution is -2.59. The zero-order valence-electron chi connectivity index (χ0n) is 13.8.